The number of aromatic nitrogens is 2. The minimum absolute atomic E-state index is 0.646. The average Bonchev–Trinajstić information content (AvgIpc) is 2.79. The van der Waals surface area contributed by atoms with Crippen LogP contribution in [0.25, 0.3) is 5.69 Å². The first-order chi connectivity index (χ1) is 8.31. The summed E-state index contributed by atoms with van der Waals surface area (Å²) in [6, 6.07) is 7.61. The van der Waals surface area contributed by atoms with Gasteiger partial charge >= 0.3 is 0 Å². The lowest BCUT2D eigenvalue weighted by Crippen LogP contribution is -2.11. The molecule has 17 heavy (non-hydrogen) atoms. The number of nitrogens with zero attached hydrogens (tertiary/aromatic N) is 2. The fourth-order valence-electron chi connectivity index (χ4n) is 1.51. The first-order valence-electron chi connectivity index (χ1n) is 5.33. The molecule has 5 heteroatoms. The smallest absolute Gasteiger partial charge is 0.207 e. The molecule has 90 valence electrons. The Bertz CT molecular complexity index is 467. The molecule has 0 amide bonds. The van der Waals surface area contributed by atoms with Gasteiger partial charge in [0.15, 0.2) is 0 Å². The summed E-state index contributed by atoms with van der Waals surface area (Å²) in [6.07, 6.45) is 3.65. The Morgan fingerprint density at radius 2 is 2.12 bits per heavy atom. The minimum atomic E-state index is 0.646. The Morgan fingerprint density at radius 1 is 1.35 bits per heavy atom. The lowest BCUT2D eigenvalue weighted by Gasteiger charge is -2.09. The van der Waals surface area contributed by atoms with Gasteiger partial charge in [-0.25, -0.2) is 4.98 Å². The van der Waals surface area contributed by atoms with Crippen LogP contribution in [0.2, 0.25) is 5.02 Å². The third kappa shape index (κ3) is 2.99. The van der Waals surface area contributed by atoms with Gasteiger partial charge < -0.3 is 10.1 Å². The van der Waals surface area contributed by atoms with Gasteiger partial charge in [-0.3, -0.25) is 4.57 Å². The number of halogens is 1. The van der Waals surface area contributed by atoms with Crippen molar-refractivity contribution >= 4 is 17.5 Å². The average molecular weight is 252 g/mol. The van der Waals surface area contributed by atoms with E-state index in [-0.39, 0.29) is 0 Å². The Hall–Kier alpha value is -1.52. The highest BCUT2D eigenvalue weighted by Gasteiger charge is 2.03. The molecule has 0 saturated heterocycles. The molecule has 0 saturated carbocycles. The van der Waals surface area contributed by atoms with E-state index in [4.69, 9.17) is 16.3 Å². The van der Waals surface area contributed by atoms with Gasteiger partial charge in [0.1, 0.15) is 0 Å². The number of imidazole rings is 1. The molecular weight excluding hydrogens is 238 g/mol. The summed E-state index contributed by atoms with van der Waals surface area (Å²) in [5.74, 6) is 0.796. The third-order valence-corrected chi connectivity index (χ3v) is 2.59. The van der Waals surface area contributed by atoms with Crippen LogP contribution in [-0.4, -0.2) is 29.8 Å². The maximum absolute atomic E-state index is 5.86. The molecule has 0 aliphatic rings. The van der Waals surface area contributed by atoms with Crippen LogP contribution in [0.5, 0.6) is 0 Å². The van der Waals surface area contributed by atoms with E-state index in [0.717, 1.165) is 23.2 Å². The van der Waals surface area contributed by atoms with Crippen molar-refractivity contribution in [1.82, 2.24) is 9.55 Å². The molecule has 0 unspecified atom stereocenters. The third-order valence-electron chi connectivity index (χ3n) is 2.33. The van der Waals surface area contributed by atoms with Crippen molar-refractivity contribution in [3.8, 4) is 5.69 Å². The zero-order chi connectivity index (χ0) is 12.1. The van der Waals surface area contributed by atoms with E-state index in [1.807, 2.05) is 35.0 Å². The molecule has 0 spiro atoms. The largest absolute Gasteiger partial charge is 0.383 e. The van der Waals surface area contributed by atoms with Crippen molar-refractivity contribution in [2.24, 2.45) is 0 Å². The Morgan fingerprint density at radius 3 is 2.82 bits per heavy atom. The summed E-state index contributed by atoms with van der Waals surface area (Å²) >= 11 is 5.86. The van der Waals surface area contributed by atoms with Gasteiger partial charge in [0.25, 0.3) is 0 Å². The van der Waals surface area contributed by atoms with Crippen LogP contribution in [0.1, 0.15) is 0 Å². The molecule has 0 atom stereocenters. The zero-order valence-electron chi connectivity index (χ0n) is 9.56. The van der Waals surface area contributed by atoms with Gasteiger partial charge in [-0.05, 0) is 24.3 Å². The molecule has 0 fully saturated rings. The van der Waals surface area contributed by atoms with Crippen LogP contribution in [0.15, 0.2) is 36.7 Å². The number of hydrogen-bond donors (Lipinski definition) is 1. The second-order valence-corrected chi connectivity index (χ2v) is 3.95. The first kappa shape index (κ1) is 12.0. The van der Waals surface area contributed by atoms with E-state index in [1.54, 1.807) is 13.3 Å². The molecule has 0 aliphatic carbocycles. The zero-order valence-corrected chi connectivity index (χ0v) is 10.3. The lowest BCUT2D eigenvalue weighted by molar-refractivity contribution is 0.210. The molecule has 1 N–H and O–H groups in total. The van der Waals surface area contributed by atoms with Crippen LogP contribution < -0.4 is 5.32 Å². The van der Waals surface area contributed by atoms with E-state index in [0.29, 0.717) is 6.61 Å². The summed E-state index contributed by atoms with van der Waals surface area (Å²) in [4.78, 5) is 4.25. The summed E-state index contributed by atoms with van der Waals surface area (Å²) in [6.45, 7) is 1.37. The van der Waals surface area contributed by atoms with Crippen molar-refractivity contribution in [2.75, 3.05) is 25.6 Å². The number of rotatable bonds is 5. The maximum atomic E-state index is 5.86. The van der Waals surface area contributed by atoms with Crippen LogP contribution >= 0.6 is 11.6 Å². The van der Waals surface area contributed by atoms with Crippen molar-refractivity contribution in [3.63, 3.8) is 0 Å². The maximum Gasteiger partial charge on any atom is 0.207 e. The monoisotopic (exact) mass is 251 g/mol. The highest BCUT2D eigenvalue weighted by molar-refractivity contribution is 6.30. The van der Waals surface area contributed by atoms with Crippen molar-refractivity contribution in [2.45, 2.75) is 0 Å². The van der Waals surface area contributed by atoms with Crippen LogP contribution in [-0.2, 0) is 4.74 Å². The SMILES string of the molecule is COCCNc1nccn1-c1ccc(Cl)cc1. The highest BCUT2D eigenvalue weighted by atomic mass is 35.5. The number of ether oxygens (including phenoxy) is 1. The summed E-state index contributed by atoms with van der Waals surface area (Å²) < 4.78 is 6.95. The number of methoxy groups -OCH3 is 1. The predicted octanol–water partition coefficient (Wildman–Crippen LogP) is 2.58. The Kier molecular flexibility index (Phi) is 4.01. The fraction of sp³-hybridized carbons (Fsp3) is 0.250. The molecule has 0 radical (unpaired) electrons. The lowest BCUT2D eigenvalue weighted by atomic mass is 10.3. The Labute approximate surface area is 105 Å². The molecule has 1 aromatic carbocycles. The van der Waals surface area contributed by atoms with E-state index < -0.39 is 0 Å². The number of anilines is 1. The van der Waals surface area contributed by atoms with Gasteiger partial charge in [-0.15, -0.1) is 0 Å². The molecule has 2 aromatic rings. The van der Waals surface area contributed by atoms with Crippen molar-refractivity contribution in [3.05, 3.63) is 41.7 Å². The summed E-state index contributed by atoms with van der Waals surface area (Å²) in [5.41, 5.74) is 1.02. The van der Waals surface area contributed by atoms with Gasteiger partial charge in [0, 0.05) is 36.8 Å². The van der Waals surface area contributed by atoms with Gasteiger partial charge in [-0.2, -0.15) is 0 Å². The highest BCUT2D eigenvalue weighted by Crippen LogP contribution is 2.17. The quantitative estimate of drug-likeness (QED) is 0.831. The normalized spacial score (nSPS) is 10.5. The van der Waals surface area contributed by atoms with Gasteiger partial charge in [-0.1, -0.05) is 11.6 Å². The van der Waals surface area contributed by atoms with E-state index in [1.165, 1.54) is 0 Å². The van der Waals surface area contributed by atoms with E-state index >= 15 is 0 Å². The predicted molar refractivity (Wildman–Crippen MR) is 68.9 cm³/mol. The van der Waals surface area contributed by atoms with Gasteiger partial charge in [0.2, 0.25) is 5.95 Å². The molecule has 0 aliphatic heterocycles. The van der Waals surface area contributed by atoms with E-state index in [2.05, 4.69) is 10.3 Å². The van der Waals surface area contributed by atoms with Crippen LogP contribution in [0.3, 0.4) is 0 Å². The first-order valence-corrected chi connectivity index (χ1v) is 5.71. The van der Waals surface area contributed by atoms with Crippen LogP contribution in [0.4, 0.5) is 5.95 Å². The second kappa shape index (κ2) is 5.70. The Balaban J connectivity index is 2.15. The molecule has 4 nitrogen and oxygen atoms in total. The standard InChI is InChI=1S/C12H14ClN3O/c1-17-9-7-15-12-14-6-8-16(12)11-4-2-10(13)3-5-11/h2-6,8H,7,9H2,1H3,(H,14,15). The summed E-state index contributed by atoms with van der Waals surface area (Å²) in [5, 5.41) is 3.93. The molecule has 0 bridgehead atoms. The number of hydrogen-bond acceptors (Lipinski definition) is 3. The molecule has 2 rings (SSSR count). The van der Waals surface area contributed by atoms with E-state index in [9.17, 15) is 0 Å². The second-order valence-electron chi connectivity index (χ2n) is 3.52. The van der Waals surface area contributed by atoms with Crippen molar-refractivity contribution in [1.29, 1.82) is 0 Å². The number of nitrogens with one attached hydrogen (secondary N) is 1. The number of benzene rings is 1. The molecule has 1 aromatic heterocycles. The minimum Gasteiger partial charge on any atom is -0.383 e. The fourth-order valence-corrected chi connectivity index (χ4v) is 1.64. The summed E-state index contributed by atoms with van der Waals surface area (Å²) in [7, 11) is 1.67. The van der Waals surface area contributed by atoms with Crippen LogP contribution in [0, 0.1) is 0 Å². The molecule has 1 heterocycles. The van der Waals surface area contributed by atoms with Gasteiger partial charge in [0.05, 0.1) is 6.61 Å². The topological polar surface area (TPSA) is 39.1 Å². The molecular formula is C12H14ClN3O. The van der Waals surface area contributed by atoms with Crippen molar-refractivity contribution < 1.29 is 4.74 Å².